The first-order chi connectivity index (χ1) is 13.3. The van der Waals surface area contributed by atoms with E-state index in [2.05, 4.69) is 63.5 Å². The smallest absolute Gasteiger partial charge is 0.177 e. The fourth-order valence-electron chi connectivity index (χ4n) is 3.25. The highest BCUT2D eigenvalue weighted by molar-refractivity contribution is 5.76. The third-order valence-electron chi connectivity index (χ3n) is 4.62. The monoisotopic (exact) mass is 351 g/mol. The van der Waals surface area contributed by atoms with Gasteiger partial charge in [0, 0.05) is 18.2 Å². The maximum absolute atomic E-state index is 5.44. The topological polar surface area (TPSA) is 54.7 Å². The molecule has 0 fully saturated rings. The zero-order valence-corrected chi connectivity index (χ0v) is 14.6. The lowest BCUT2D eigenvalue weighted by atomic mass is 10.0. The summed E-state index contributed by atoms with van der Waals surface area (Å²) in [5.41, 5.74) is 6.23. The molecule has 4 nitrogen and oxygen atoms in total. The minimum Gasteiger partial charge on any atom is -0.464 e. The van der Waals surface area contributed by atoms with Gasteiger partial charge in [0.25, 0.3) is 0 Å². The fraction of sp³-hybridized carbons (Fsp3) is 0.0435. The molecule has 0 spiro atoms. The summed E-state index contributed by atoms with van der Waals surface area (Å²) in [5.74, 6) is 1.71. The van der Waals surface area contributed by atoms with Gasteiger partial charge in [0.15, 0.2) is 5.65 Å². The summed E-state index contributed by atoms with van der Waals surface area (Å²) in [4.78, 5) is 12.4. The Morgan fingerprint density at radius 3 is 2.41 bits per heavy atom. The maximum Gasteiger partial charge on any atom is 0.177 e. The van der Waals surface area contributed by atoms with Gasteiger partial charge in [0.1, 0.15) is 11.6 Å². The highest BCUT2D eigenvalue weighted by Gasteiger charge is 2.08. The van der Waals surface area contributed by atoms with E-state index in [9.17, 15) is 0 Å². The summed E-state index contributed by atoms with van der Waals surface area (Å²) in [6.07, 6.45) is 4.19. The SMILES string of the molecule is c1ccc(-c2ccc(Cc3nc4ncc(-c5ccco5)cc4[nH]3)cc2)cc1. The minimum absolute atomic E-state index is 0.723. The second kappa shape index (κ2) is 6.57. The summed E-state index contributed by atoms with van der Waals surface area (Å²) in [6, 6.07) is 24.8. The van der Waals surface area contributed by atoms with E-state index in [1.165, 1.54) is 16.7 Å². The molecule has 5 rings (SSSR count). The fourth-order valence-corrected chi connectivity index (χ4v) is 3.25. The quantitative estimate of drug-likeness (QED) is 0.467. The van der Waals surface area contributed by atoms with Crippen molar-refractivity contribution in [1.29, 1.82) is 0 Å². The zero-order valence-electron chi connectivity index (χ0n) is 14.6. The first-order valence-electron chi connectivity index (χ1n) is 8.88. The zero-order chi connectivity index (χ0) is 18.1. The van der Waals surface area contributed by atoms with Crippen molar-refractivity contribution in [2.24, 2.45) is 0 Å². The van der Waals surface area contributed by atoms with Crippen molar-refractivity contribution in [2.45, 2.75) is 6.42 Å². The molecule has 3 heterocycles. The third kappa shape index (κ3) is 3.13. The Balaban J connectivity index is 1.39. The van der Waals surface area contributed by atoms with E-state index in [0.717, 1.165) is 34.7 Å². The molecule has 0 unspecified atom stereocenters. The Bertz CT molecular complexity index is 1170. The van der Waals surface area contributed by atoms with E-state index in [4.69, 9.17) is 4.42 Å². The van der Waals surface area contributed by atoms with Crippen LogP contribution >= 0.6 is 0 Å². The minimum atomic E-state index is 0.723. The Hall–Kier alpha value is -3.66. The lowest BCUT2D eigenvalue weighted by molar-refractivity contribution is 0.582. The van der Waals surface area contributed by atoms with Crippen molar-refractivity contribution in [3.63, 3.8) is 0 Å². The van der Waals surface area contributed by atoms with E-state index >= 15 is 0 Å². The third-order valence-corrected chi connectivity index (χ3v) is 4.62. The molecule has 0 saturated heterocycles. The van der Waals surface area contributed by atoms with Gasteiger partial charge in [-0.1, -0.05) is 54.6 Å². The molecule has 0 bridgehead atoms. The largest absolute Gasteiger partial charge is 0.464 e. The molecule has 2 aromatic carbocycles. The molecule has 130 valence electrons. The van der Waals surface area contributed by atoms with Gasteiger partial charge < -0.3 is 9.40 Å². The number of imidazole rings is 1. The maximum atomic E-state index is 5.44. The van der Waals surface area contributed by atoms with Crippen molar-refractivity contribution >= 4 is 11.2 Å². The number of aromatic amines is 1. The van der Waals surface area contributed by atoms with Crippen LogP contribution in [0.5, 0.6) is 0 Å². The summed E-state index contributed by atoms with van der Waals surface area (Å²) < 4.78 is 5.44. The normalized spacial score (nSPS) is 11.1. The van der Waals surface area contributed by atoms with E-state index in [1.54, 1.807) is 12.5 Å². The van der Waals surface area contributed by atoms with Crippen molar-refractivity contribution in [1.82, 2.24) is 15.0 Å². The van der Waals surface area contributed by atoms with Gasteiger partial charge in [-0.25, -0.2) is 9.97 Å². The van der Waals surface area contributed by atoms with Crippen LogP contribution in [0, 0.1) is 0 Å². The number of hydrogen-bond acceptors (Lipinski definition) is 3. The molecule has 0 atom stereocenters. The van der Waals surface area contributed by atoms with E-state index in [-0.39, 0.29) is 0 Å². The first-order valence-corrected chi connectivity index (χ1v) is 8.88. The van der Waals surface area contributed by atoms with Crippen molar-refractivity contribution < 1.29 is 4.42 Å². The van der Waals surface area contributed by atoms with Gasteiger partial charge >= 0.3 is 0 Å². The van der Waals surface area contributed by atoms with Crippen molar-refractivity contribution in [3.05, 3.63) is 96.6 Å². The van der Waals surface area contributed by atoms with Crippen LogP contribution < -0.4 is 0 Å². The van der Waals surface area contributed by atoms with E-state index in [1.807, 2.05) is 24.3 Å². The standard InChI is InChI=1S/C23H17N3O/c1-2-5-17(6-3-1)18-10-8-16(9-11-18)13-22-25-20-14-19(15-24-23(20)26-22)21-7-4-12-27-21/h1-12,14-15H,13H2,(H,24,25,26). The molecule has 3 aromatic heterocycles. The van der Waals surface area contributed by atoms with Gasteiger partial charge in [-0.2, -0.15) is 0 Å². The van der Waals surface area contributed by atoms with Gasteiger partial charge in [0.2, 0.25) is 0 Å². The Morgan fingerprint density at radius 2 is 1.63 bits per heavy atom. The number of aromatic nitrogens is 3. The van der Waals surface area contributed by atoms with Crippen molar-refractivity contribution in [3.8, 4) is 22.5 Å². The number of nitrogens with zero attached hydrogens (tertiary/aromatic N) is 2. The van der Waals surface area contributed by atoms with Crippen LogP contribution in [-0.4, -0.2) is 15.0 Å². The number of pyridine rings is 1. The van der Waals surface area contributed by atoms with E-state index in [0.29, 0.717) is 0 Å². The van der Waals surface area contributed by atoms with Crippen molar-refractivity contribution in [2.75, 3.05) is 0 Å². The number of fused-ring (bicyclic) bond motifs is 1. The molecule has 4 heteroatoms. The summed E-state index contributed by atoms with van der Waals surface area (Å²) in [7, 11) is 0. The predicted molar refractivity (Wildman–Crippen MR) is 106 cm³/mol. The number of rotatable bonds is 4. The number of hydrogen-bond donors (Lipinski definition) is 1. The second-order valence-corrected chi connectivity index (χ2v) is 6.50. The van der Waals surface area contributed by atoms with Crippen LogP contribution in [0.1, 0.15) is 11.4 Å². The summed E-state index contributed by atoms with van der Waals surface area (Å²) >= 11 is 0. The number of furan rings is 1. The second-order valence-electron chi connectivity index (χ2n) is 6.50. The lowest BCUT2D eigenvalue weighted by Crippen LogP contribution is -1.90. The average molecular weight is 351 g/mol. The Morgan fingerprint density at radius 1 is 0.815 bits per heavy atom. The highest BCUT2D eigenvalue weighted by Crippen LogP contribution is 2.23. The van der Waals surface area contributed by atoms with Crippen LogP contribution in [0.4, 0.5) is 0 Å². The summed E-state index contributed by atoms with van der Waals surface area (Å²) in [5, 5.41) is 0. The molecule has 0 aliphatic carbocycles. The van der Waals surface area contributed by atoms with Crippen LogP contribution in [-0.2, 0) is 6.42 Å². The number of benzene rings is 2. The molecule has 0 radical (unpaired) electrons. The van der Waals surface area contributed by atoms with Crippen LogP contribution in [0.25, 0.3) is 33.6 Å². The highest BCUT2D eigenvalue weighted by atomic mass is 16.3. The van der Waals surface area contributed by atoms with Gasteiger partial charge in [0.05, 0.1) is 11.8 Å². The van der Waals surface area contributed by atoms with E-state index < -0.39 is 0 Å². The summed E-state index contributed by atoms with van der Waals surface area (Å²) in [6.45, 7) is 0. The number of H-pyrrole nitrogens is 1. The van der Waals surface area contributed by atoms with Gasteiger partial charge in [-0.05, 0) is 34.9 Å². The molecule has 5 aromatic rings. The number of nitrogens with one attached hydrogen (secondary N) is 1. The van der Waals surface area contributed by atoms with Crippen LogP contribution in [0.15, 0.2) is 89.7 Å². The van der Waals surface area contributed by atoms with Crippen LogP contribution in [0.2, 0.25) is 0 Å². The molecule has 0 aliphatic heterocycles. The van der Waals surface area contributed by atoms with Gasteiger partial charge in [-0.3, -0.25) is 0 Å². The molecular formula is C23H17N3O. The molecule has 27 heavy (non-hydrogen) atoms. The molecule has 0 aliphatic rings. The lowest BCUT2D eigenvalue weighted by Gasteiger charge is -2.03. The van der Waals surface area contributed by atoms with Crippen LogP contribution in [0.3, 0.4) is 0 Å². The molecule has 0 amide bonds. The average Bonchev–Trinajstić information content (AvgIpc) is 3.38. The molecule has 0 saturated carbocycles. The Labute approximate surface area is 156 Å². The molecule has 1 N–H and O–H groups in total. The predicted octanol–water partition coefficient (Wildman–Crippen LogP) is 5.48. The molecular weight excluding hydrogens is 334 g/mol. The van der Waals surface area contributed by atoms with Gasteiger partial charge in [-0.15, -0.1) is 0 Å². The Kier molecular flexibility index (Phi) is 3.79. The first kappa shape index (κ1) is 15.6.